The zero-order valence-corrected chi connectivity index (χ0v) is 27.9. The van der Waals surface area contributed by atoms with Crippen molar-refractivity contribution in [2.45, 2.75) is 26.7 Å². The normalized spacial score (nSPS) is 14.3. The lowest BCUT2D eigenvalue weighted by atomic mass is 9.78. The fourth-order valence-electron chi connectivity index (χ4n) is 7.59. The van der Waals surface area contributed by atoms with Gasteiger partial charge in [0.25, 0.3) is 0 Å². The summed E-state index contributed by atoms with van der Waals surface area (Å²) >= 11 is 0. The van der Waals surface area contributed by atoms with Crippen molar-refractivity contribution in [3.63, 3.8) is 0 Å². The van der Waals surface area contributed by atoms with E-state index in [1.807, 2.05) is 24.3 Å². The monoisotopic (exact) mass is 648 g/mol. The van der Waals surface area contributed by atoms with Crippen molar-refractivity contribution in [3.8, 4) is 27.9 Å². The average Bonchev–Trinajstić information content (AvgIpc) is 3.59. The van der Waals surface area contributed by atoms with E-state index in [1.54, 1.807) is 4.57 Å². The van der Waals surface area contributed by atoms with Crippen molar-refractivity contribution in [3.05, 3.63) is 169 Å². The van der Waals surface area contributed by atoms with Crippen LogP contribution in [-0.4, -0.2) is 4.57 Å². The van der Waals surface area contributed by atoms with Gasteiger partial charge in [-0.25, -0.2) is 0 Å². The summed E-state index contributed by atoms with van der Waals surface area (Å²) in [6, 6.07) is 35.3. The maximum absolute atomic E-state index is 8.90. The van der Waals surface area contributed by atoms with Crippen molar-refractivity contribution < 1.29 is 11.0 Å². The molecule has 0 N–H and O–H groups in total. The predicted octanol–water partition coefficient (Wildman–Crippen LogP) is 13.6. The lowest BCUT2D eigenvalue weighted by molar-refractivity contribution is 0.865. The van der Waals surface area contributed by atoms with E-state index >= 15 is 0 Å². The largest absolute Gasteiger partial charge is 0.310 e. The molecular formula is C48H36N2. The molecule has 0 atom stereocenters. The number of aromatic nitrogens is 1. The van der Waals surface area contributed by atoms with Crippen LogP contribution in [0.2, 0.25) is 0 Å². The van der Waals surface area contributed by atoms with Crippen LogP contribution in [0.1, 0.15) is 41.9 Å². The van der Waals surface area contributed by atoms with E-state index in [1.165, 1.54) is 16.7 Å². The topological polar surface area (TPSA) is 8.17 Å². The van der Waals surface area contributed by atoms with E-state index in [9.17, 15) is 0 Å². The van der Waals surface area contributed by atoms with Crippen molar-refractivity contribution in [1.29, 1.82) is 0 Å². The lowest BCUT2D eigenvalue weighted by Gasteiger charge is -2.29. The van der Waals surface area contributed by atoms with Crippen LogP contribution in [0.15, 0.2) is 158 Å². The van der Waals surface area contributed by atoms with Gasteiger partial charge in [0.1, 0.15) is 0 Å². The summed E-state index contributed by atoms with van der Waals surface area (Å²) in [6.45, 7) is 6.60. The SMILES string of the molecule is [2H]c1c([2H])c([2H])c2c(c1[2H])c1c([2H])c([2H])c([2H])c([2H])c1n2-c1ccc2cc3c(cc2c1)-c1cc2ccc(N(c4ccccc4)c4cc(C(C)C)ccc4C)cc2cc1-3. The maximum atomic E-state index is 8.90. The number of benzene rings is 8. The molecule has 50 heavy (non-hydrogen) atoms. The number of hydrogen-bond acceptors (Lipinski definition) is 1. The van der Waals surface area contributed by atoms with Gasteiger partial charge in [0.2, 0.25) is 0 Å². The highest BCUT2D eigenvalue weighted by atomic mass is 15.1. The van der Waals surface area contributed by atoms with E-state index < -0.39 is 24.2 Å². The van der Waals surface area contributed by atoms with Gasteiger partial charge in [0.05, 0.1) is 22.0 Å². The summed E-state index contributed by atoms with van der Waals surface area (Å²) in [6.07, 6.45) is 0. The second kappa shape index (κ2) is 10.9. The molecule has 0 radical (unpaired) electrons. The maximum Gasteiger partial charge on any atom is 0.0645 e. The summed E-state index contributed by atoms with van der Waals surface area (Å²) in [5, 5.41) is 4.27. The van der Waals surface area contributed by atoms with Crippen LogP contribution < -0.4 is 4.90 Å². The van der Waals surface area contributed by atoms with Gasteiger partial charge in [-0.1, -0.05) is 92.6 Å². The zero-order chi connectivity index (χ0) is 40.5. The molecule has 0 saturated carbocycles. The Bertz CT molecular complexity index is 3180. The van der Waals surface area contributed by atoms with Crippen molar-refractivity contribution in [2.75, 3.05) is 4.90 Å². The molecule has 8 aromatic carbocycles. The van der Waals surface area contributed by atoms with E-state index in [4.69, 9.17) is 11.0 Å². The van der Waals surface area contributed by atoms with Crippen LogP contribution in [0.5, 0.6) is 0 Å². The Morgan fingerprint density at radius 2 is 1.12 bits per heavy atom. The van der Waals surface area contributed by atoms with Gasteiger partial charge in [-0.3, -0.25) is 0 Å². The van der Waals surface area contributed by atoms with Gasteiger partial charge in [0, 0.05) is 33.5 Å². The van der Waals surface area contributed by atoms with Gasteiger partial charge in [-0.05, 0) is 147 Å². The third-order valence-electron chi connectivity index (χ3n) is 10.2. The van der Waals surface area contributed by atoms with Crippen molar-refractivity contribution in [2.24, 2.45) is 0 Å². The molecule has 2 nitrogen and oxygen atoms in total. The molecule has 1 aliphatic rings. The van der Waals surface area contributed by atoms with E-state index in [2.05, 4.69) is 111 Å². The number of rotatable bonds is 5. The minimum Gasteiger partial charge on any atom is -0.310 e. The lowest BCUT2D eigenvalue weighted by Crippen LogP contribution is -2.12. The molecule has 0 bridgehead atoms. The Hall–Kier alpha value is -6.12. The Labute approximate surface area is 303 Å². The standard InChI is InChI=1S/C48H36N2/c1-30(2)32-18-17-31(3)48(29-32)49(37-11-5-4-6-12-37)38-21-19-33-25-42-44(27-35(33)23-38)43-26-34-20-22-39(24-36(34)28-45(42)43)50-46-15-9-7-13-40(46)41-14-8-10-16-47(41)50/h4-30H,1-3H3/i7D,8D,9D,10D,13D,14D,15D,16D. The molecule has 0 unspecified atom stereocenters. The minimum atomic E-state index is -0.454. The molecule has 0 spiro atoms. The molecule has 1 aliphatic carbocycles. The minimum absolute atomic E-state index is 0.0697. The number of para-hydroxylation sites is 3. The van der Waals surface area contributed by atoms with E-state index in [0.29, 0.717) is 11.6 Å². The number of fused-ring (bicyclic) bond motifs is 9. The van der Waals surface area contributed by atoms with Crippen LogP contribution in [-0.2, 0) is 0 Å². The highest BCUT2D eigenvalue weighted by Gasteiger charge is 2.25. The molecule has 10 rings (SSSR count). The summed E-state index contributed by atoms with van der Waals surface area (Å²) < 4.78 is 70.6. The second-order valence-electron chi connectivity index (χ2n) is 13.5. The fraction of sp³-hybridized carbons (Fsp3) is 0.0833. The van der Waals surface area contributed by atoms with Crippen LogP contribution in [0.3, 0.4) is 0 Å². The third-order valence-corrected chi connectivity index (χ3v) is 10.2. The first kappa shape index (κ1) is 21.8. The smallest absolute Gasteiger partial charge is 0.0645 e. The number of aryl methyl sites for hydroxylation is 1. The van der Waals surface area contributed by atoms with Gasteiger partial charge < -0.3 is 9.47 Å². The second-order valence-corrected chi connectivity index (χ2v) is 13.5. The molecule has 0 fully saturated rings. The molecular weight excluding hydrogens is 605 g/mol. The summed E-state index contributed by atoms with van der Waals surface area (Å²) in [7, 11) is 0. The van der Waals surface area contributed by atoms with Crippen molar-refractivity contribution >= 4 is 60.4 Å². The van der Waals surface area contributed by atoms with Crippen LogP contribution in [0.4, 0.5) is 17.1 Å². The van der Waals surface area contributed by atoms with Gasteiger partial charge >= 0.3 is 0 Å². The van der Waals surface area contributed by atoms with E-state index in [0.717, 1.165) is 55.3 Å². The first-order chi connectivity index (χ1) is 27.8. The first-order valence-electron chi connectivity index (χ1n) is 21.0. The Morgan fingerprint density at radius 3 is 1.76 bits per heavy atom. The van der Waals surface area contributed by atoms with Gasteiger partial charge in [-0.15, -0.1) is 0 Å². The molecule has 1 heterocycles. The van der Waals surface area contributed by atoms with Crippen LogP contribution in [0, 0.1) is 6.92 Å². The predicted molar refractivity (Wildman–Crippen MR) is 214 cm³/mol. The van der Waals surface area contributed by atoms with Crippen LogP contribution in [0.25, 0.3) is 71.3 Å². The Balaban J connectivity index is 1.11. The quantitative estimate of drug-likeness (QED) is 0.180. The van der Waals surface area contributed by atoms with E-state index in [-0.39, 0.29) is 46.0 Å². The molecule has 0 saturated heterocycles. The van der Waals surface area contributed by atoms with Gasteiger partial charge in [0.15, 0.2) is 0 Å². The van der Waals surface area contributed by atoms with Crippen molar-refractivity contribution in [1.82, 2.24) is 4.57 Å². The number of anilines is 3. The molecule has 0 amide bonds. The summed E-state index contributed by atoms with van der Waals surface area (Å²) in [5.41, 5.74) is 11.1. The molecule has 9 aromatic rings. The Morgan fingerprint density at radius 1 is 0.540 bits per heavy atom. The Kier molecular flexibility index (Phi) is 4.77. The number of nitrogens with zero attached hydrogens (tertiary/aromatic N) is 2. The van der Waals surface area contributed by atoms with Crippen LogP contribution >= 0.6 is 0 Å². The average molecular weight is 649 g/mol. The fourth-order valence-corrected chi connectivity index (χ4v) is 7.59. The third kappa shape index (κ3) is 4.35. The highest BCUT2D eigenvalue weighted by Crippen LogP contribution is 2.51. The first-order valence-corrected chi connectivity index (χ1v) is 17.0. The molecule has 238 valence electrons. The molecule has 1 aromatic heterocycles. The molecule has 0 aliphatic heterocycles. The zero-order valence-electron chi connectivity index (χ0n) is 35.9. The van der Waals surface area contributed by atoms with Gasteiger partial charge in [-0.2, -0.15) is 0 Å². The highest BCUT2D eigenvalue weighted by molar-refractivity contribution is 6.13. The molecule has 2 heteroatoms. The number of hydrogen-bond donors (Lipinski definition) is 0. The summed E-state index contributed by atoms with van der Waals surface area (Å²) in [4.78, 5) is 2.34. The summed E-state index contributed by atoms with van der Waals surface area (Å²) in [5.74, 6) is 0.397.